The Kier molecular flexibility index (Phi) is 11.3. The van der Waals surface area contributed by atoms with Gasteiger partial charge in [-0.1, -0.05) is 69.9 Å². The van der Waals surface area contributed by atoms with E-state index in [2.05, 4.69) is 13.8 Å². The van der Waals surface area contributed by atoms with Crippen LogP contribution in [0, 0.1) is 5.92 Å². The van der Waals surface area contributed by atoms with Gasteiger partial charge >= 0.3 is 54.9 Å². The SMILES string of the molecule is CCCCC(CC)CC(=C([O-])C(=O)O)c1ccccc1.[Ba+2].[H-]. The van der Waals surface area contributed by atoms with Gasteiger partial charge in [0.2, 0.25) is 0 Å². The number of benzene rings is 1. The van der Waals surface area contributed by atoms with Crippen molar-refractivity contribution in [2.75, 3.05) is 0 Å². The molecule has 0 aliphatic rings. The van der Waals surface area contributed by atoms with Gasteiger partial charge in [-0.25, -0.2) is 4.79 Å². The Morgan fingerprint density at radius 1 is 1.29 bits per heavy atom. The van der Waals surface area contributed by atoms with E-state index in [1.54, 1.807) is 0 Å². The van der Waals surface area contributed by atoms with E-state index in [4.69, 9.17) is 5.11 Å². The van der Waals surface area contributed by atoms with E-state index in [9.17, 15) is 9.90 Å². The average Bonchev–Trinajstić information content (AvgIpc) is 2.47. The van der Waals surface area contributed by atoms with E-state index < -0.39 is 11.7 Å². The molecule has 1 aromatic rings. The summed E-state index contributed by atoms with van der Waals surface area (Å²) in [6.07, 6.45) is 4.77. The zero-order valence-corrected chi connectivity index (χ0v) is 17.4. The summed E-state index contributed by atoms with van der Waals surface area (Å²) in [4.78, 5) is 11.0. The van der Waals surface area contributed by atoms with E-state index in [0.717, 1.165) is 31.2 Å². The van der Waals surface area contributed by atoms with Crippen LogP contribution in [0.3, 0.4) is 0 Å². The molecule has 4 heteroatoms. The fraction of sp³-hybridized carbons (Fsp3) is 0.471. The van der Waals surface area contributed by atoms with E-state index >= 15 is 0 Å². The van der Waals surface area contributed by atoms with E-state index in [-0.39, 0.29) is 50.3 Å². The van der Waals surface area contributed by atoms with Crippen LogP contribution in [0.4, 0.5) is 0 Å². The van der Waals surface area contributed by atoms with Gasteiger partial charge in [-0.3, -0.25) is 0 Å². The first-order valence-electron chi connectivity index (χ1n) is 7.29. The van der Waals surface area contributed by atoms with E-state index in [1.165, 1.54) is 0 Å². The van der Waals surface area contributed by atoms with Crippen LogP contribution in [-0.4, -0.2) is 60.0 Å². The fourth-order valence-electron chi connectivity index (χ4n) is 2.34. The molecule has 0 aliphatic heterocycles. The molecule has 0 radical (unpaired) electrons. The second-order valence-electron chi connectivity index (χ2n) is 5.10. The maximum atomic E-state index is 11.9. The maximum Gasteiger partial charge on any atom is 2.00 e. The normalized spacial score (nSPS) is 13.0. The summed E-state index contributed by atoms with van der Waals surface area (Å²) in [7, 11) is 0. The van der Waals surface area contributed by atoms with Crippen molar-refractivity contribution >= 4 is 60.4 Å². The molecule has 112 valence electrons. The zero-order valence-electron chi connectivity index (χ0n) is 14.0. The van der Waals surface area contributed by atoms with Crippen molar-refractivity contribution in [3.8, 4) is 0 Å². The molecule has 1 N–H and O–H groups in total. The quantitative estimate of drug-likeness (QED) is 0.404. The third kappa shape index (κ3) is 7.07. The van der Waals surface area contributed by atoms with Crippen LogP contribution in [0.5, 0.6) is 0 Å². The molecule has 0 bridgehead atoms. The Bertz CT molecular complexity index is 460. The Labute approximate surface area is 169 Å². The minimum atomic E-state index is -1.37. The number of hydrogen-bond acceptors (Lipinski definition) is 2. The minimum absolute atomic E-state index is 0. The predicted molar refractivity (Wildman–Crippen MR) is 85.8 cm³/mol. The molecule has 1 unspecified atom stereocenters. The molecular weight excluding hydrogens is 390 g/mol. The molecular formula is C17H24BaO3. The van der Waals surface area contributed by atoms with Crippen LogP contribution in [0.2, 0.25) is 0 Å². The number of rotatable bonds is 8. The molecule has 0 heterocycles. The van der Waals surface area contributed by atoms with Gasteiger partial charge in [0.05, 0.1) is 0 Å². The first-order chi connectivity index (χ1) is 9.60. The molecule has 21 heavy (non-hydrogen) atoms. The minimum Gasteiger partial charge on any atom is -1.00 e. The monoisotopic (exact) mass is 414 g/mol. The largest absolute Gasteiger partial charge is 2.00 e. The van der Waals surface area contributed by atoms with Gasteiger partial charge in [0, 0.05) is 0 Å². The molecule has 1 aromatic carbocycles. The second-order valence-corrected chi connectivity index (χ2v) is 5.10. The summed E-state index contributed by atoms with van der Waals surface area (Å²) in [6, 6.07) is 9.14. The molecule has 0 fully saturated rings. The van der Waals surface area contributed by atoms with Gasteiger partial charge in [0.1, 0.15) is 0 Å². The van der Waals surface area contributed by atoms with Crippen LogP contribution < -0.4 is 5.11 Å². The van der Waals surface area contributed by atoms with Crippen LogP contribution in [0.1, 0.15) is 52.9 Å². The van der Waals surface area contributed by atoms with Gasteiger partial charge in [-0.15, -0.1) is 0 Å². The number of carboxylic acid groups (broad SMARTS) is 1. The second kappa shape index (κ2) is 11.4. The fourth-order valence-corrected chi connectivity index (χ4v) is 2.34. The molecule has 0 saturated carbocycles. The summed E-state index contributed by atoms with van der Waals surface area (Å²) in [5, 5.41) is 20.9. The zero-order chi connectivity index (χ0) is 15.0. The molecule has 0 saturated heterocycles. The van der Waals surface area contributed by atoms with Crippen molar-refractivity contribution < 1.29 is 16.4 Å². The summed E-state index contributed by atoms with van der Waals surface area (Å²) in [5.41, 5.74) is 1.16. The average molecular weight is 414 g/mol. The Morgan fingerprint density at radius 3 is 2.38 bits per heavy atom. The Hall–Kier alpha value is -0.199. The van der Waals surface area contributed by atoms with E-state index in [1.807, 2.05) is 30.3 Å². The Balaban J connectivity index is 0. The third-order valence-electron chi connectivity index (χ3n) is 3.63. The molecule has 0 aromatic heterocycles. The summed E-state index contributed by atoms with van der Waals surface area (Å²) < 4.78 is 0. The molecule has 1 rings (SSSR count). The number of unbranched alkanes of at least 4 members (excludes halogenated alkanes) is 1. The molecule has 0 aliphatic carbocycles. The number of allylic oxidation sites excluding steroid dienone is 1. The van der Waals surface area contributed by atoms with Gasteiger partial charge < -0.3 is 11.6 Å². The summed E-state index contributed by atoms with van der Waals surface area (Å²) in [5.74, 6) is -1.77. The summed E-state index contributed by atoms with van der Waals surface area (Å²) >= 11 is 0. The first kappa shape index (κ1) is 20.8. The molecule has 0 spiro atoms. The number of hydrogen-bond donors (Lipinski definition) is 1. The van der Waals surface area contributed by atoms with Crippen molar-refractivity contribution in [1.82, 2.24) is 0 Å². The number of carboxylic acids is 1. The molecule has 0 amide bonds. The third-order valence-corrected chi connectivity index (χ3v) is 3.63. The van der Waals surface area contributed by atoms with E-state index in [0.29, 0.717) is 17.9 Å². The standard InChI is InChI=1S/C17H24O3.Ba.H/c1-3-5-9-13(4-2)12-15(16(18)17(19)20)14-10-7-6-8-11-14;;/h6-8,10-11,13,18H,3-5,9,12H2,1-2H3,(H,19,20);;/q;+2;-1/p-1. The Morgan fingerprint density at radius 2 is 1.90 bits per heavy atom. The number of carbonyl (C=O) groups is 1. The van der Waals surface area contributed by atoms with Crippen LogP contribution >= 0.6 is 0 Å². The molecule has 1 atom stereocenters. The van der Waals surface area contributed by atoms with Gasteiger partial charge in [0.25, 0.3) is 0 Å². The molecule has 3 nitrogen and oxygen atoms in total. The van der Waals surface area contributed by atoms with Crippen LogP contribution in [0.25, 0.3) is 5.57 Å². The van der Waals surface area contributed by atoms with Crippen molar-refractivity contribution in [2.24, 2.45) is 5.92 Å². The van der Waals surface area contributed by atoms with Crippen LogP contribution in [0.15, 0.2) is 36.1 Å². The van der Waals surface area contributed by atoms with Crippen molar-refractivity contribution in [1.29, 1.82) is 0 Å². The van der Waals surface area contributed by atoms with Crippen molar-refractivity contribution in [3.63, 3.8) is 0 Å². The first-order valence-corrected chi connectivity index (χ1v) is 7.29. The maximum absolute atomic E-state index is 11.9. The van der Waals surface area contributed by atoms with Gasteiger partial charge in [0.15, 0.2) is 0 Å². The van der Waals surface area contributed by atoms with Crippen molar-refractivity contribution in [3.05, 3.63) is 41.7 Å². The topological polar surface area (TPSA) is 60.4 Å². The predicted octanol–water partition coefficient (Wildman–Crippen LogP) is 3.18. The smallest absolute Gasteiger partial charge is 1.00 e. The van der Waals surface area contributed by atoms with Gasteiger partial charge in [-0.05, 0) is 29.2 Å². The number of aliphatic carboxylic acids is 1. The summed E-state index contributed by atoms with van der Waals surface area (Å²) in [6.45, 7) is 4.23. The van der Waals surface area contributed by atoms with Gasteiger partial charge in [-0.2, -0.15) is 0 Å². The van der Waals surface area contributed by atoms with Crippen molar-refractivity contribution in [2.45, 2.75) is 46.0 Å². The van der Waals surface area contributed by atoms with Crippen LogP contribution in [-0.2, 0) is 4.79 Å².